The fourth-order valence-electron chi connectivity index (χ4n) is 4.88. The Morgan fingerprint density at radius 2 is 2.06 bits per heavy atom. The molecule has 0 radical (unpaired) electrons. The Hall–Kier alpha value is -1.80. The molecule has 3 heterocycles. The molecule has 1 aliphatic carbocycles. The van der Waals surface area contributed by atoms with Crippen LogP contribution in [0, 0.1) is 5.92 Å². The number of pyridine rings is 1. The number of benzene rings is 1. The Bertz CT molecular complexity index is 1010. The molecule has 8 heteroatoms. The molecule has 5 rings (SSSR count). The van der Waals surface area contributed by atoms with Gasteiger partial charge in [0.2, 0.25) is 5.91 Å². The Kier molecular flexibility index (Phi) is 5.41. The first-order valence-electron chi connectivity index (χ1n) is 10.9. The lowest BCUT2D eigenvalue weighted by molar-refractivity contribution is -0.117. The quantitative estimate of drug-likeness (QED) is 0.750. The van der Waals surface area contributed by atoms with Crippen LogP contribution in [0.5, 0.6) is 0 Å². The Morgan fingerprint density at radius 3 is 2.71 bits per heavy atom. The van der Waals surface area contributed by atoms with Crippen molar-refractivity contribution in [2.45, 2.75) is 49.9 Å². The molecule has 6 nitrogen and oxygen atoms in total. The SMILES string of the molecule is C[C@]1(N2CCC(c3cc4cc(NC(=O)[C@@H]5C[C@H]5F)ncc4cc3Cl)CC2)COC[C@H]1O. The molecular weight excluding hydrogens is 421 g/mol. The normalized spacial score (nSPS) is 31.8. The Labute approximate surface area is 185 Å². The molecule has 0 unspecified atom stereocenters. The molecule has 0 spiro atoms. The number of aromatic nitrogens is 1. The average Bonchev–Trinajstić information content (AvgIpc) is 3.40. The van der Waals surface area contributed by atoms with Gasteiger partial charge in [0.05, 0.1) is 30.8 Å². The zero-order valence-corrected chi connectivity index (χ0v) is 18.2. The van der Waals surface area contributed by atoms with E-state index in [4.69, 9.17) is 16.3 Å². The third-order valence-corrected chi connectivity index (χ3v) is 7.51. The summed E-state index contributed by atoms with van der Waals surface area (Å²) in [5.74, 6) is -0.106. The number of carbonyl (C=O) groups excluding carboxylic acids is 1. The predicted octanol–water partition coefficient (Wildman–Crippen LogP) is 3.51. The molecule has 2 aromatic rings. The number of halogens is 2. The smallest absolute Gasteiger partial charge is 0.231 e. The lowest BCUT2D eigenvalue weighted by Crippen LogP contribution is -2.56. The Morgan fingerprint density at radius 1 is 1.32 bits per heavy atom. The maximum Gasteiger partial charge on any atom is 0.231 e. The van der Waals surface area contributed by atoms with Gasteiger partial charge in [-0.05, 0) is 74.3 Å². The van der Waals surface area contributed by atoms with E-state index in [2.05, 4.69) is 28.2 Å². The number of anilines is 1. The zero-order chi connectivity index (χ0) is 21.8. The number of carbonyl (C=O) groups is 1. The number of hydrogen-bond acceptors (Lipinski definition) is 5. The number of aliphatic hydroxyl groups excluding tert-OH is 1. The number of hydrogen-bond donors (Lipinski definition) is 2. The van der Waals surface area contributed by atoms with E-state index in [9.17, 15) is 14.3 Å². The highest BCUT2D eigenvalue weighted by molar-refractivity contribution is 6.32. The van der Waals surface area contributed by atoms with Crippen molar-refractivity contribution >= 4 is 34.1 Å². The van der Waals surface area contributed by atoms with Crippen LogP contribution in [0.15, 0.2) is 24.4 Å². The highest BCUT2D eigenvalue weighted by atomic mass is 35.5. The number of alkyl halides is 1. The molecule has 0 bridgehead atoms. The number of nitrogens with one attached hydrogen (secondary N) is 1. The minimum Gasteiger partial charge on any atom is -0.389 e. The first kappa shape index (κ1) is 21.1. The van der Waals surface area contributed by atoms with Gasteiger partial charge in [0.15, 0.2) is 0 Å². The van der Waals surface area contributed by atoms with Gasteiger partial charge in [-0.2, -0.15) is 0 Å². The molecule has 2 N–H and O–H groups in total. The van der Waals surface area contributed by atoms with Crippen LogP contribution < -0.4 is 5.32 Å². The van der Waals surface area contributed by atoms with Crippen molar-refractivity contribution in [1.29, 1.82) is 0 Å². The standard InChI is InChI=1S/C23H27ClFN3O3/c1-23(12-31-11-20(23)29)28-4-2-13(3-5-28)16-6-14-8-21(26-10-15(14)7-18(16)24)27-22(30)17-9-19(17)25/h6-8,10,13,17,19-20,29H,2-5,9,11-12H2,1H3,(H,26,27,30)/t17-,19-,20-,23+/m1/s1. The number of aliphatic hydroxyl groups is 1. The minimum atomic E-state index is -1.03. The van der Waals surface area contributed by atoms with Crippen LogP contribution in [0.3, 0.4) is 0 Å². The number of nitrogens with zero attached hydrogens (tertiary/aromatic N) is 2. The van der Waals surface area contributed by atoms with E-state index in [1.807, 2.05) is 12.1 Å². The van der Waals surface area contributed by atoms with E-state index < -0.39 is 18.2 Å². The molecule has 31 heavy (non-hydrogen) atoms. The number of amides is 1. The molecule has 3 fully saturated rings. The summed E-state index contributed by atoms with van der Waals surface area (Å²) in [6.07, 6.45) is 2.38. The van der Waals surface area contributed by atoms with Crippen molar-refractivity contribution < 1.29 is 19.0 Å². The van der Waals surface area contributed by atoms with Crippen molar-refractivity contribution in [2.75, 3.05) is 31.6 Å². The van der Waals surface area contributed by atoms with Gasteiger partial charge >= 0.3 is 0 Å². The first-order valence-corrected chi connectivity index (χ1v) is 11.3. The van der Waals surface area contributed by atoms with Crippen LogP contribution in [-0.4, -0.2) is 65.0 Å². The van der Waals surface area contributed by atoms with Crippen LogP contribution >= 0.6 is 11.6 Å². The van der Waals surface area contributed by atoms with E-state index in [1.165, 1.54) is 0 Å². The van der Waals surface area contributed by atoms with E-state index in [0.717, 1.165) is 47.3 Å². The molecule has 4 atom stereocenters. The molecule has 1 aromatic heterocycles. The van der Waals surface area contributed by atoms with Crippen molar-refractivity contribution in [2.24, 2.45) is 5.92 Å². The molecule has 1 saturated carbocycles. The summed E-state index contributed by atoms with van der Waals surface area (Å²) in [6.45, 7) is 4.77. The maximum atomic E-state index is 13.1. The lowest BCUT2D eigenvalue weighted by Gasteiger charge is -2.43. The van der Waals surface area contributed by atoms with Gasteiger partial charge in [-0.15, -0.1) is 0 Å². The molecule has 3 aliphatic rings. The van der Waals surface area contributed by atoms with Crippen LogP contribution in [-0.2, 0) is 9.53 Å². The van der Waals surface area contributed by atoms with Gasteiger partial charge in [0.25, 0.3) is 0 Å². The van der Waals surface area contributed by atoms with Crippen molar-refractivity contribution in [3.8, 4) is 0 Å². The second-order valence-electron chi connectivity index (χ2n) is 9.29. The molecule has 166 valence electrons. The summed E-state index contributed by atoms with van der Waals surface area (Å²) >= 11 is 6.63. The van der Waals surface area contributed by atoms with E-state index in [1.54, 1.807) is 6.20 Å². The molecular formula is C23H27ClFN3O3. The number of piperidine rings is 1. The van der Waals surface area contributed by atoms with Crippen LogP contribution in [0.2, 0.25) is 5.02 Å². The van der Waals surface area contributed by atoms with E-state index in [0.29, 0.717) is 31.4 Å². The number of rotatable bonds is 4. The van der Waals surface area contributed by atoms with Gasteiger partial charge in [0.1, 0.15) is 12.0 Å². The topological polar surface area (TPSA) is 74.7 Å². The third kappa shape index (κ3) is 3.93. The van der Waals surface area contributed by atoms with Crippen LogP contribution in [0.1, 0.15) is 37.7 Å². The van der Waals surface area contributed by atoms with Crippen LogP contribution in [0.4, 0.5) is 10.2 Å². The highest BCUT2D eigenvalue weighted by Crippen LogP contribution is 2.39. The zero-order valence-electron chi connectivity index (χ0n) is 17.5. The van der Waals surface area contributed by atoms with Gasteiger partial charge < -0.3 is 15.2 Å². The second kappa shape index (κ2) is 7.96. The maximum absolute atomic E-state index is 13.1. The highest BCUT2D eigenvalue weighted by Gasteiger charge is 2.45. The fourth-order valence-corrected chi connectivity index (χ4v) is 5.20. The summed E-state index contributed by atoms with van der Waals surface area (Å²) in [4.78, 5) is 18.7. The summed E-state index contributed by atoms with van der Waals surface area (Å²) in [7, 11) is 0. The monoisotopic (exact) mass is 447 g/mol. The number of ether oxygens (including phenoxy) is 1. The van der Waals surface area contributed by atoms with Crippen molar-refractivity contribution in [1.82, 2.24) is 9.88 Å². The van der Waals surface area contributed by atoms with E-state index >= 15 is 0 Å². The molecule has 1 amide bonds. The van der Waals surface area contributed by atoms with Gasteiger partial charge in [-0.1, -0.05) is 11.6 Å². The summed E-state index contributed by atoms with van der Waals surface area (Å²) in [6, 6.07) is 5.83. The van der Waals surface area contributed by atoms with Gasteiger partial charge in [0, 0.05) is 16.6 Å². The number of likely N-dealkylation sites (tertiary alicyclic amines) is 1. The largest absolute Gasteiger partial charge is 0.389 e. The van der Waals surface area contributed by atoms with Crippen molar-refractivity contribution in [3.63, 3.8) is 0 Å². The van der Waals surface area contributed by atoms with Gasteiger partial charge in [-0.3, -0.25) is 9.69 Å². The summed E-state index contributed by atoms with van der Waals surface area (Å²) in [5, 5.41) is 15.6. The summed E-state index contributed by atoms with van der Waals surface area (Å²) in [5.41, 5.74) is 0.772. The first-order chi connectivity index (χ1) is 14.8. The third-order valence-electron chi connectivity index (χ3n) is 7.18. The Balaban J connectivity index is 1.32. The fraction of sp³-hybridized carbons (Fsp3) is 0.565. The average molecular weight is 448 g/mol. The lowest BCUT2D eigenvalue weighted by atomic mass is 9.85. The molecule has 2 saturated heterocycles. The van der Waals surface area contributed by atoms with Crippen LogP contribution in [0.25, 0.3) is 10.8 Å². The van der Waals surface area contributed by atoms with Gasteiger partial charge in [-0.25, -0.2) is 9.37 Å². The molecule has 2 aliphatic heterocycles. The number of fused-ring (bicyclic) bond motifs is 1. The van der Waals surface area contributed by atoms with Crippen molar-refractivity contribution in [3.05, 3.63) is 35.0 Å². The minimum absolute atomic E-state index is 0.292. The second-order valence-corrected chi connectivity index (χ2v) is 9.69. The summed E-state index contributed by atoms with van der Waals surface area (Å²) < 4.78 is 18.6. The molecule has 1 aromatic carbocycles. The van der Waals surface area contributed by atoms with E-state index in [-0.39, 0.29) is 11.4 Å². The predicted molar refractivity (Wildman–Crippen MR) is 117 cm³/mol.